The minimum Gasteiger partial charge on any atom is -0.493 e. The molecule has 0 aliphatic rings. The molecule has 8 heteroatoms. The van der Waals surface area contributed by atoms with Gasteiger partial charge in [0.25, 0.3) is 0 Å². The first-order chi connectivity index (χ1) is 14.2. The Morgan fingerprint density at radius 3 is 2.79 bits per heavy atom. The number of nitrogens with one attached hydrogen (secondary N) is 1. The fraction of sp³-hybridized carbons (Fsp3) is 0.143. The van der Waals surface area contributed by atoms with E-state index in [9.17, 15) is 4.79 Å². The Balaban J connectivity index is 1.59. The number of nitriles is 1. The molecule has 0 spiro atoms. The van der Waals surface area contributed by atoms with Gasteiger partial charge in [0.1, 0.15) is 11.1 Å². The minimum absolute atomic E-state index is 0.0674. The zero-order chi connectivity index (χ0) is 20.5. The van der Waals surface area contributed by atoms with Gasteiger partial charge in [0, 0.05) is 12.5 Å². The van der Waals surface area contributed by atoms with Crippen molar-refractivity contribution in [3.8, 4) is 17.6 Å². The van der Waals surface area contributed by atoms with Gasteiger partial charge in [-0.2, -0.15) is 5.26 Å². The summed E-state index contributed by atoms with van der Waals surface area (Å²) >= 11 is 1.34. The van der Waals surface area contributed by atoms with Crippen LogP contribution in [0, 0.1) is 11.3 Å². The van der Waals surface area contributed by atoms with Crippen molar-refractivity contribution in [2.75, 3.05) is 19.0 Å². The highest BCUT2D eigenvalue weighted by Gasteiger charge is 2.08. The number of ether oxygens (including phenoxy) is 2. The lowest BCUT2D eigenvalue weighted by molar-refractivity contribution is -0.111. The van der Waals surface area contributed by atoms with E-state index in [4.69, 9.17) is 14.7 Å². The molecule has 3 rings (SSSR count). The van der Waals surface area contributed by atoms with Crippen molar-refractivity contribution in [2.45, 2.75) is 6.42 Å². The van der Waals surface area contributed by atoms with Crippen molar-refractivity contribution >= 4 is 28.5 Å². The van der Waals surface area contributed by atoms with Crippen LogP contribution in [0.5, 0.6) is 11.5 Å². The summed E-state index contributed by atoms with van der Waals surface area (Å²) in [7, 11) is 1.51. The van der Waals surface area contributed by atoms with E-state index in [-0.39, 0.29) is 12.5 Å². The average Bonchev–Trinajstić information content (AvgIpc) is 3.18. The topological polar surface area (TPSA) is 97.1 Å². The Morgan fingerprint density at radius 1 is 1.21 bits per heavy atom. The summed E-state index contributed by atoms with van der Waals surface area (Å²) in [6.07, 6.45) is 3.73. The lowest BCUT2D eigenvalue weighted by Gasteiger charge is -2.08. The molecule has 0 saturated heterocycles. The Kier molecular flexibility index (Phi) is 6.92. The summed E-state index contributed by atoms with van der Waals surface area (Å²) in [6, 6.07) is 17.0. The molecule has 1 N–H and O–H groups in total. The van der Waals surface area contributed by atoms with Gasteiger partial charge < -0.3 is 9.47 Å². The summed E-state index contributed by atoms with van der Waals surface area (Å²) in [4.78, 5) is 12.2. The highest BCUT2D eigenvalue weighted by Crippen LogP contribution is 2.28. The van der Waals surface area contributed by atoms with Crippen molar-refractivity contribution in [3.05, 3.63) is 70.7 Å². The van der Waals surface area contributed by atoms with Crippen molar-refractivity contribution < 1.29 is 14.3 Å². The number of carbonyl (C=O) groups excluding carboxylic acids is 1. The molecule has 0 fully saturated rings. The van der Waals surface area contributed by atoms with E-state index in [1.807, 2.05) is 36.4 Å². The lowest BCUT2D eigenvalue weighted by Crippen LogP contribution is -2.07. The number of hydrogen-bond acceptors (Lipinski definition) is 7. The van der Waals surface area contributed by atoms with E-state index in [1.54, 1.807) is 24.3 Å². The number of hydrogen-bond donors (Lipinski definition) is 1. The second kappa shape index (κ2) is 10.0. The first kappa shape index (κ1) is 20.0. The zero-order valence-corrected chi connectivity index (χ0v) is 16.5. The van der Waals surface area contributed by atoms with Gasteiger partial charge in [-0.15, -0.1) is 10.2 Å². The van der Waals surface area contributed by atoms with Gasteiger partial charge in [-0.1, -0.05) is 47.7 Å². The van der Waals surface area contributed by atoms with Crippen molar-refractivity contribution in [1.29, 1.82) is 5.26 Å². The first-order valence-electron chi connectivity index (χ1n) is 8.71. The minimum atomic E-state index is -0.309. The van der Waals surface area contributed by atoms with Crippen LogP contribution in [-0.2, 0) is 11.2 Å². The molecule has 0 atom stereocenters. The van der Waals surface area contributed by atoms with Crippen LogP contribution in [0.3, 0.4) is 0 Å². The van der Waals surface area contributed by atoms with Crippen LogP contribution < -0.4 is 14.8 Å². The monoisotopic (exact) mass is 406 g/mol. The number of amides is 1. The van der Waals surface area contributed by atoms with Gasteiger partial charge in [0.15, 0.2) is 18.1 Å². The van der Waals surface area contributed by atoms with E-state index in [2.05, 4.69) is 15.5 Å². The molecule has 7 nitrogen and oxygen atoms in total. The van der Waals surface area contributed by atoms with Crippen LogP contribution in [0.1, 0.15) is 16.1 Å². The summed E-state index contributed by atoms with van der Waals surface area (Å²) in [5, 5.41) is 20.7. The summed E-state index contributed by atoms with van der Waals surface area (Å²) < 4.78 is 10.5. The van der Waals surface area contributed by atoms with Crippen LogP contribution in [0.25, 0.3) is 6.08 Å². The maximum atomic E-state index is 12.2. The number of nitrogens with zero attached hydrogens (tertiary/aromatic N) is 3. The highest BCUT2D eigenvalue weighted by molar-refractivity contribution is 7.15. The molecule has 1 amide bonds. The van der Waals surface area contributed by atoms with Gasteiger partial charge in [-0.25, -0.2) is 0 Å². The molecule has 0 bridgehead atoms. The molecule has 29 heavy (non-hydrogen) atoms. The predicted octanol–water partition coefficient (Wildman–Crippen LogP) is 3.69. The van der Waals surface area contributed by atoms with E-state index >= 15 is 0 Å². The van der Waals surface area contributed by atoms with Crippen molar-refractivity contribution in [1.82, 2.24) is 10.2 Å². The highest BCUT2D eigenvalue weighted by atomic mass is 32.1. The van der Waals surface area contributed by atoms with Crippen molar-refractivity contribution in [2.24, 2.45) is 0 Å². The number of methoxy groups -OCH3 is 1. The quantitative estimate of drug-likeness (QED) is 0.573. The predicted molar refractivity (Wildman–Crippen MR) is 111 cm³/mol. The molecule has 1 aromatic heterocycles. The summed E-state index contributed by atoms with van der Waals surface area (Å²) in [6.45, 7) is -0.0674. The fourth-order valence-electron chi connectivity index (χ4n) is 2.48. The fourth-order valence-corrected chi connectivity index (χ4v) is 3.26. The average molecular weight is 406 g/mol. The molecule has 0 aliphatic heterocycles. The normalized spacial score (nSPS) is 10.5. The number of benzene rings is 2. The second-order valence-electron chi connectivity index (χ2n) is 5.84. The third-order valence-corrected chi connectivity index (χ3v) is 4.64. The SMILES string of the molecule is COc1cc(/C=C/C(=O)Nc2nnc(Cc3ccccc3)s2)ccc1OCC#N. The summed E-state index contributed by atoms with van der Waals surface area (Å²) in [5.74, 6) is 0.643. The van der Waals surface area contributed by atoms with Gasteiger partial charge in [-0.3, -0.25) is 10.1 Å². The van der Waals surface area contributed by atoms with Gasteiger partial charge >= 0.3 is 0 Å². The molecule has 0 radical (unpaired) electrons. The van der Waals surface area contributed by atoms with E-state index < -0.39 is 0 Å². The van der Waals surface area contributed by atoms with Crippen LogP contribution in [-0.4, -0.2) is 29.8 Å². The Bertz CT molecular complexity index is 1040. The maximum absolute atomic E-state index is 12.2. The smallest absolute Gasteiger partial charge is 0.250 e. The largest absolute Gasteiger partial charge is 0.493 e. The third-order valence-electron chi connectivity index (χ3n) is 3.80. The van der Waals surface area contributed by atoms with Crippen molar-refractivity contribution in [3.63, 3.8) is 0 Å². The van der Waals surface area contributed by atoms with Crippen LogP contribution in [0.15, 0.2) is 54.6 Å². The Labute approximate surface area is 172 Å². The van der Waals surface area contributed by atoms with Gasteiger partial charge in [0.05, 0.1) is 7.11 Å². The Morgan fingerprint density at radius 2 is 2.03 bits per heavy atom. The zero-order valence-electron chi connectivity index (χ0n) is 15.7. The first-order valence-corrected chi connectivity index (χ1v) is 9.52. The van der Waals surface area contributed by atoms with E-state index in [1.165, 1.54) is 24.5 Å². The van der Waals surface area contributed by atoms with E-state index in [0.29, 0.717) is 23.1 Å². The molecule has 146 valence electrons. The number of rotatable bonds is 8. The molecule has 0 aliphatic carbocycles. The maximum Gasteiger partial charge on any atom is 0.250 e. The van der Waals surface area contributed by atoms with Crippen LogP contribution in [0.4, 0.5) is 5.13 Å². The van der Waals surface area contributed by atoms with Crippen LogP contribution in [0.2, 0.25) is 0 Å². The van der Waals surface area contributed by atoms with Gasteiger partial charge in [-0.05, 0) is 29.3 Å². The van der Waals surface area contributed by atoms with Crippen LogP contribution >= 0.6 is 11.3 Å². The lowest BCUT2D eigenvalue weighted by atomic mass is 10.2. The molecular weight excluding hydrogens is 388 g/mol. The third kappa shape index (κ3) is 5.89. The number of aromatic nitrogens is 2. The molecular formula is C21H18N4O3S. The summed E-state index contributed by atoms with van der Waals surface area (Å²) in [5.41, 5.74) is 1.89. The van der Waals surface area contributed by atoms with Gasteiger partial charge in [0.2, 0.25) is 11.0 Å². The molecule has 1 heterocycles. The van der Waals surface area contributed by atoms with E-state index in [0.717, 1.165) is 16.1 Å². The molecule has 0 unspecified atom stereocenters. The number of carbonyl (C=O) groups is 1. The standard InChI is InChI=1S/C21H18N4O3S/c1-27-18-13-16(7-9-17(18)28-12-11-22)8-10-19(26)23-21-25-24-20(29-21)14-15-5-3-2-4-6-15/h2-10,13H,12,14H2,1H3,(H,23,25,26)/b10-8+. The Hall–Kier alpha value is -3.70. The number of anilines is 1. The molecule has 3 aromatic rings. The molecule has 0 saturated carbocycles. The second-order valence-corrected chi connectivity index (χ2v) is 6.91. The molecule has 2 aromatic carbocycles.